The molecule has 1 atom stereocenters. The normalized spacial score (nSPS) is 12.8. The molecule has 0 radical (unpaired) electrons. The molecule has 30 heavy (non-hydrogen) atoms. The fraction of sp³-hybridized carbons (Fsp3) is 0.960. The molecule has 0 aliphatic carbocycles. The van der Waals surface area contributed by atoms with Crippen molar-refractivity contribution in [2.24, 2.45) is 5.92 Å². The Morgan fingerprint density at radius 1 is 0.633 bits per heavy atom. The minimum absolute atomic E-state index is 0.107. The first-order valence-corrected chi connectivity index (χ1v) is 12.7. The smallest absolute Gasteiger partial charge is 0.223 e. The van der Waals surface area contributed by atoms with E-state index in [0.717, 1.165) is 38.5 Å². The van der Waals surface area contributed by atoms with Gasteiger partial charge in [0.2, 0.25) is 5.91 Å². The molecule has 0 saturated carbocycles. The summed E-state index contributed by atoms with van der Waals surface area (Å²) in [6, 6.07) is 0. The molecule has 0 aromatic heterocycles. The van der Waals surface area contributed by atoms with Crippen LogP contribution in [0.3, 0.4) is 0 Å². The van der Waals surface area contributed by atoms with Crippen LogP contribution in [-0.4, -0.2) is 46.6 Å². The number of unbranched alkanes of at least 4 members (excludes halogenated alkanes) is 13. The molecule has 1 amide bonds. The van der Waals surface area contributed by atoms with Crippen LogP contribution in [0.5, 0.6) is 0 Å². The Balaban J connectivity index is 4.41. The van der Waals surface area contributed by atoms with E-state index in [1.54, 1.807) is 0 Å². The highest BCUT2D eigenvalue weighted by molar-refractivity contribution is 5.79. The minimum Gasteiger partial charge on any atom is -0.394 e. The van der Waals surface area contributed by atoms with E-state index in [1.807, 2.05) is 0 Å². The predicted molar refractivity (Wildman–Crippen MR) is 125 cm³/mol. The zero-order valence-electron chi connectivity index (χ0n) is 20.0. The van der Waals surface area contributed by atoms with E-state index in [-0.39, 0.29) is 11.8 Å². The molecule has 0 spiro atoms. The summed E-state index contributed by atoms with van der Waals surface area (Å²) >= 11 is 0. The maximum Gasteiger partial charge on any atom is 0.223 e. The SMILES string of the molecule is CCCCCCCCCCC(CCCCCCCCC)C(=O)NC(CO)(CO)CO. The molecule has 0 aliphatic heterocycles. The molecule has 0 aromatic rings. The highest BCUT2D eigenvalue weighted by Crippen LogP contribution is 2.21. The first kappa shape index (κ1) is 29.4. The Kier molecular flexibility index (Phi) is 19.8. The largest absolute Gasteiger partial charge is 0.394 e. The molecule has 180 valence electrons. The van der Waals surface area contributed by atoms with Gasteiger partial charge in [0.25, 0.3) is 0 Å². The molecular weight excluding hydrogens is 378 g/mol. The molecule has 1 unspecified atom stereocenters. The summed E-state index contributed by atoms with van der Waals surface area (Å²) in [5, 5.41) is 31.3. The molecule has 0 rings (SSSR count). The second kappa shape index (κ2) is 20.3. The van der Waals surface area contributed by atoms with E-state index in [1.165, 1.54) is 70.6 Å². The third-order valence-corrected chi connectivity index (χ3v) is 6.23. The molecular formula is C25H51NO4. The van der Waals surface area contributed by atoms with Gasteiger partial charge in [0.15, 0.2) is 0 Å². The summed E-state index contributed by atoms with van der Waals surface area (Å²) in [6.07, 6.45) is 20.1. The molecule has 4 N–H and O–H groups in total. The lowest BCUT2D eigenvalue weighted by Crippen LogP contribution is -2.58. The van der Waals surface area contributed by atoms with Gasteiger partial charge in [-0.1, -0.05) is 110 Å². The molecule has 5 nitrogen and oxygen atoms in total. The second-order valence-corrected chi connectivity index (χ2v) is 9.11. The van der Waals surface area contributed by atoms with Crippen molar-refractivity contribution >= 4 is 5.91 Å². The molecule has 0 heterocycles. The predicted octanol–water partition coefficient (Wildman–Crippen LogP) is 5.11. The average Bonchev–Trinajstić information content (AvgIpc) is 2.77. The second-order valence-electron chi connectivity index (χ2n) is 9.11. The van der Waals surface area contributed by atoms with Crippen molar-refractivity contribution in [3.05, 3.63) is 0 Å². The van der Waals surface area contributed by atoms with Gasteiger partial charge in [-0.15, -0.1) is 0 Å². The number of carbonyl (C=O) groups is 1. The number of carbonyl (C=O) groups excluding carboxylic acids is 1. The van der Waals surface area contributed by atoms with Gasteiger partial charge in [0, 0.05) is 5.92 Å². The lowest BCUT2D eigenvalue weighted by Gasteiger charge is -2.31. The third kappa shape index (κ3) is 14.4. The summed E-state index contributed by atoms with van der Waals surface area (Å²) in [4.78, 5) is 12.8. The summed E-state index contributed by atoms with van der Waals surface area (Å²) in [6.45, 7) is 3.06. The van der Waals surface area contributed by atoms with Crippen LogP contribution in [0, 0.1) is 5.92 Å². The van der Waals surface area contributed by atoms with E-state index >= 15 is 0 Å². The number of nitrogens with one attached hydrogen (secondary N) is 1. The molecule has 0 saturated heterocycles. The van der Waals surface area contributed by atoms with Crippen LogP contribution in [0.4, 0.5) is 0 Å². The monoisotopic (exact) mass is 429 g/mol. The highest BCUT2D eigenvalue weighted by atomic mass is 16.3. The summed E-state index contributed by atoms with van der Waals surface area (Å²) < 4.78 is 0. The fourth-order valence-electron chi connectivity index (χ4n) is 3.91. The number of hydrogen-bond donors (Lipinski definition) is 4. The third-order valence-electron chi connectivity index (χ3n) is 6.23. The first-order valence-electron chi connectivity index (χ1n) is 12.7. The Labute approximate surface area is 186 Å². The van der Waals surface area contributed by atoms with E-state index in [4.69, 9.17) is 0 Å². The van der Waals surface area contributed by atoms with Crippen molar-refractivity contribution in [2.75, 3.05) is 19.8 Å². The summed E-state index contributed by atoms with van der Waals surface area (Å²) in [5.74, 6) is -0.245. The van der Waals surface area contributed by atoms with Crippen LogP contribution < -0.4 is 5.32 Å². The van der Waals surface area contributed by atoms with Gasteiger partial charge < -0.3 is 20.6 Å². The van der Waals surface area contributed by atoms with Gasteiger partial charge >= 0.3 is 0 Å². The van der Waals surface area contributed by atoms with Crippen LogP contribution in [-0.2, 0) is 4.79 Å². The van der Waals surface area contributed by atoms with Gasteiger partial charge in [-0.25, -0.2) is 0 Å². The Hall–Kier alpha value is -0.650. The van der Waals surface area contributed by atoms with Crippen LogP contribution in [0.1, 0.15) is 123 Å². The van der Waals surface area contributed by atoms with E-state index < -0.39 is 25.4 Å². The van der Waals surface area contributed by atoms with Crippen molar-refractivity contribution in [1.82, 2.24) is 5.32 Å². The van der Waals surface area contributed by atoms with Gasteiger partial charge in [-0.3, -0.25) is 4.79 Å². The van der Waals surface area contributed by atoms with Crippen LogP contribution in [0.25, 0.3) is 0 Å². The molecule has 0 aromatic carbocycles. The van der Waals surface area contributed by atoms with Crippen LogP contribution in [0.2, 0.25) is 0 Å². The lowest BCUT2D eigenvalue weighted by atomic mass is 9.91. The van der Waals surface area contributed by atoms with Crippen molar-refractivity contribution in [3.63, 3.8) is 0 Å². The maximum absolute atomic E-state index is 12.8. The van der Waals surface area contributed by atoms with Crippen molar-refractivity contribution in [3.8, 4) is 0 Å². The van der Waals surface area contributed by atoms with Crippen LogP contribution >= 0.6 is 0 Å². The van der Waals surface area contributed by atoms with Crippen molar-refractivity contribution < 1.29 is 20.1 Å². The van der Waals surface area contributed by atoms with Crippen molar-refractivity contribution in [2.45, 2.75) is 129 Å². The molecule has 0 fully saturated rings. The van der Waals surface area contributed by atoms with Crippen molar-refractivity contribution in [1.29, 1.82) is 0 Å². The van der Waals surface area contributed by atoms with E-state index in [9.17, 15) is 20.1 Å². The summed E-state index contributed by atoms with van der Waals surface area (Å²) in [7, 11) is 0. The Bertz CT molecular complexity index is 377. The lowest BCUT2D eigenvalue weighted by molar-refractivity contribution is -0.130. The van der Waals surface area contributed by atoms with Gasteiger partial charge in [-0.05, 0) is 12.8 Å². The number of aliphatic hydroxyl groups excluding tert-OH is 3. The number of amides is 1. The number of aliphatic hydroxyl groups is 3. The Morgan fingerprint density at radius 2 is 0.967 bits per heavy atom. The molecule has 5 heteroatoms. The fourth-order valence-corrected chi connectivity index (χ4v) is 3.91. The quantitative estimate of drug-likeness (QED) is 0.180. The maximum atomic E-state index is 12.8. The summed E-state index contributed by atoms with van der Waals surface area (Å²) in [5.41, 5.74) is -1.32. The Morgan fingerprint density at radius 3 is 1.30 bits per heavy atom. The average molecular weight is 430 g/mol. The zero-order valence-corrected chi connectivity index (χ0v) is 20.0. The topological polar surface area (TPSA) is 89.8 Å². The van der Waals surface area contributed by atoms with Gasteiger partial charge in [-0.2, -0.15) is 0 Å². The number of hydrogen-bond acceptors (Lipinski definition) is 4. The van der Waals surface area contributed by atoms with Crippen LogP contribution in [0.15, 0.2) is 0 Å². The van der Waals surface area contributed by atoms with Gasteiger partial charge in [0.1, 0.15) is 5.54 Å². The molecule has 0 aliphatic rings. The number of rotatable bonds is 22. The van der Waals surface area contributed by atoms with Gasteiger partial charge in [0.05, 0.1) is 19.8 Å². The minimum atomic E-state index is -1.32. The van der Waals surface area contributed by atoms with E-state index in [0.29, 0.717) is 0 Å². The standard InChI is InChI=1S/C25H51NO4/c1-3-5-7-9-11-13-15-17-19-23(18-16-14-12-10-8-6-4-2)24(30)26-25(20-27,21-28)22-29/h23,27-29H,3-22H2,1-2H3,(H,26,30). The van der Waals surface area contributed by atoms with E-state index in [2.05, 4.69) is 19.2 Å². The highest BCUT2D eigenvalue weighted by Gasteiger charge is 2.32. The zero-order chi connectivity index (χ0) is 22.5. The first-order chi connectivity index (χ1) is 14.6. The molecule has 0 bridgehead atoms.